The van der Waals surface area contributed by atoms with E-state index in [2.05, 4.69) is 0 Å². The molecule has 0 aliphatic carbocycles. The molecule has 2 aliphatic heterocycles. The highest BCUT2D eigenvalue weighted by Crippen LogP contribution is 2.31. The van der Waals surface area contributed by atoms with Gasteiger partial charge >= 0.3 is 0 Å². The summed E-state index contributed by atoms with van der Waals surface area (Å²) in [6.45, 7) is 2.28. The maximum absolute atomic E-state index is 12.3. The zero-order chi connectivity index (χ0) is 14.7. The monoisotopic (exact) mass is 310 g/mol. The van der Waals surface area contributed by atoms with Gasteiger partial charge in [0, 0.05) is 29.9 Å². The molecule has 2 aliphatic rings. The van der Waals surface area contributed by atoms with Crippen LogP contribution in [0.2, 0.25) is 0 Å². The lowest BCUT2D eigenvalue weighted by atomic mass is 10.1. The molecule has 0 saturated carbocycles. The van der Waals surface area contributed by atoms with Crippen LogP contribution in [0.3, 0.4) is 0 Å². The predicted molar refractivity (Wildman–Crippen MR) is 77.3 cm³/mol. The Morgan fingerprint density at radius 3 is 2.76 bits per heavy atom. The smallest absolute Gasteiger partial charge is 0.162 e. The number of carbonyl (C=O) groups is 1. The zero-order valence-electron chi connectivity index (χ0n) is 11.7. The molecule has 0 bridgehead atoms. The van der Waals surface area contributed by atoms with Crippen molar-refractivity contribution in [3.8, 4) is 11.5 Å². The van der Waals surface area contributed by atoms with E-state index >= 15 is 0 Å². The molecule has 1 fully saturated rings. The van der Waals surface area contributed by atoms with Crippen molar-refractivity contribution in [3.05, 3.63) is 18.2 Å². The molecule has 0 aromatic heterocycles. The number of benzene rings is 1. The summed E-state index contributed by atoms with van der Waals surface area (Å²) in [5.74, 6) is 1.22. The van der Waals surface area contributed by atoms with Crippen molar-refractivity contribution >= 4 is 16.6 Å². The number of ether oxygens (including phenoxy) is 3. The second kappa shape index (κ2) is 6.58. The summed E-state index contributed by atoms with van der Waals surface area (Å²) in [5, 5.41) is 0. The van der Waals surface area contributed by atoms with E-state index in [1.165, 1.54) is 0 Å². The lowest BCUT2D eigenvalue weighted by molar-refractivity contribution is -0.120. The topological polar surface area (TPSA) is 61.8 Å². The average Bonchev–Trinajstić information content (AvgIpc) is 2.92. The van der Waals surface area contributed by atoms with Gasteiger partial charge in [0.2, 0.25) is 0 Å². The highest BCUT2D eigenvalue weighted by atomic mass is 32.2. The number of ketones is 1. The van der Waals surface area contributed by atoms with E-state index in [1.807, 2.05) is 0 Å². The summed E-state index contributed by atoms with van der Waals surface area (Å²) in [6, 6.07) is 5.22. The summed E-state index contributed by atoms with van der Waals surface area (Å²) >= 11 is 0. The van der Waals surface area contributed by atoms with Gasteiger partial charge in [0.05, 0.1) is 36.4 Å². The Morgan fingerprint density at radius 2 is 2.00 bits per heavy atom. The van der Waals surface area contributed by atoms with Gasteiger partial charge in [-0.15, -0.1) is 0 Å². The van der Waals surface area contributed by atoms with Crippen molar-refractivity contribution in [2.24, 2.45) is 5.92 Å². The number of rotatable bonds is 4. The third kappa shape index (κ3) is 3.44. The van der Waals surface area contributed by atoms with Crippen LogP contribution in [0, 0.1) is 5.92 Å². The molecular formula is C15H18O5S. The molecule has 1 saturated heterocycles. The fraction of sp³-hybridized carbons (Fsp3) is 0.533. The minimum absolute atomic E-state index is 0.0120. The largest absolute Gasteiger partial charge is 0.490 e. The minimum Gasteiger partial charge on any atom is -0.490 e. The molecule has 21 heavy (non-hydrogen) atoms. The third-order valence-electron chi connectivity index (χ3n) is 3.64. The van der Waals surface area contributed by atoms with E-state index in [1.54, 1.807) is 18.2 Å². The van der Waals surface area contributed by atoms with Crippen molar-refractivity contribution < 1.29 is 23.2 Å². The van der Waals surface area contributed by atoms with Crippen LogP contribution in [-0.2, 0) is 20.3 Å². The summed E-state index contributed by atoms with van der Waals surface area (Å²) in [5.41, 5.74) is 0. The number of hydrogen-bond acceptors (Lipinski definition) is 5. The van der Waals surface area contributed by atoms with Crippen LogP contribution in [0.15, 0.2) is 23.1 Å². The van der Waals surface area contributed by atoms with Crippen LogP contribution < -0.4 is 9.47 Å². The standard InChI is InChI=1S/C15H18O5S/c16-13(11-4-7-18-9-11)10-21(17)12-2-3-14-15(8-12)20-6-1-5-19-14/h2-3,8,11H,1,4-7,9-10H2. The molecule has 0 amide bonds. The van der Waals surface area contributed by atoms with Crippen LogP contribution in [-0.4, -0.2) is 42.2 Å². The first-order valence-electron chi connectivity index (χ1n) is 7.12. The Labute approximate surface area is 126 Å². The molecule has 2 unspecified atom stereocenters. The predicted octanol–water partition coefficient (Wildman–Crippen LogP) is 1.56. The molecule has 1 aromatic rings. The molecule has 0 spiro atoms. The van der Waals surface area contributed by atoms with Crippen molar-refractivity contribution in [2.45, 2.75) is 17.7 Å². The minimum atomic E-state index is -1.35. The summed E-state index contributed by atoms with van der Waals surface area (Å²) in [4.78, 5) is 12.6. The van der Waals surface area contributed by atoms with E-state index in [9.17, 15) is 9.00 Å². The zero-order valence-corrected chi connectivity index (χ0v) is 12.5. The Balaban J connectivity index is 1.69. The van der Waals surface area contributed by atoms with E-state index in [0.29, 0.717) is 42.8 Å². The first-order valence-corrected chi connectivity index (χ1v) is 8.44. The van der Waals surface area contributed by atoms with Crippen molar-refractivity contribution in [3.63, 3.8) is 0 Å². The highest BCUT2D eigenvalue weighted by Gasteiger charge is 2.25. The van der Waals surface area contributed by atoms with Crippen molar-refractivity contribution in [2.75, 3.05) is 32.2 Å². The number of hydrogen-bond donors (Lipinski definition) is 0. The fourth-order valence-electron chi connectivity index (χ4n) is 2.40. The quantitative estimate of drug-likeness (QED) is 0.844. The van der Waals surface area contributed by atoms with Crippen LogP contribution in [0.5, 0.6) is 11.5 Å². The Hall–Kier alpha value is -1.40. The van der Waals surface area contributed by atoms with Gasteiger partial charge in [-0.2, -0.15) is 0 Å². The second-order valence-corrected chi connectivity index (χ2v) is 6.63. The van der Waals surface area contributed by atoms with Crippen molar-refractivity contribution in [1.82, 2.24) is 0 Å². The van der Waals surface area contributed by atoms with E-state index in [0.717, 1.165) is 12.8 Å². The van der Waals surface area contributed by atoms with Crippen molar-refractivity contribution in [1.29, 1.82) is 0 Å². The van der Waals surface area contributed by atoms with Gasteiger partial charge in [0.1, 0.15) is 0 Å². The molecule has 3 rings (SSSR count). The lowest BCUT2D eigenvalue weighted by Crippen LogP contribution is -2.21. The summed E-state index contributed by atoms with van der Waals surface area (Å²) in [7, 11) is -1.35. The number of carbonyl (C=O) groups excluding carboxylic acids is 1. The molecule has 1 aromatic carbocycles. The normalized spacial score (nSPS) is 22.6. The van der Waals surface area contributed by atoms with E-state index in [-0.39, 0.29) is 17.5 Å². The van der Waals surface area contributed by atoms with Gasteiger partial charge in [-0.3, -0.25) is 9.00 Å². The maximum Gasteiger partial charge on any atom is 0.162 e. The Bertz CT molecular complexity index is 551. The van der Waals surface area contributed by atoms with Gasteiger partial charge in [-0.05, 0) is 18.6 Å². The molecule has 5 nitrogen and oxygen atoms in total. The van der Waals surface area contributed by atoms with Crippen LogP contribution >= 0.6 is 0 Å². The van der Waals surface area contributed by atoms with Gasteiger partial charge in [0.25, 0.3) is 0 Å². The molecule has 6 heteroatoms. The molecule has 2 atom stereocenters. The molecule has 0 radical (unpaired) electrons. The molecule has 0 N–H and O–H groups in total. The van der Waals surface area contributed by atoms with Gasteiger partial charge in [0.15, 0.2) is 17.3 Å². The third-order valence-corrected chi connectivity index (χ3v) is 4.97. The SMILES string of the molecule is O=C(CS(=O)c1ccc2c(c1)OCCCO2)C1CCOC1. The van der Waals surface area contributed by atoms with Gasteiger partial charge in [-0.1, -0.05) is 0 Å². The van der Waals surface area contributed by atoms with E-state index < -0.39 is 10.8 Å². The Kier molecular flexibility index (Phi) is 4.55. The Morgan fingerprint density at radius 1 is 1.19 bits per heavy atom. The molecule has 114 valence electrons. The van der Waals surface area contributed by atoms with Gasteiger partial charge < -0.3 is 14.2 Å². The van der Waals surface area contributed by atoms with Crippen LogP contribution in [0.4, 0.5) is 0 Å². The van der Waals surface area contributed by atoms with Gasteiger partial charge in [-0.25, -0.2) is 0 Å². The summed E-state index contributed by atoms with van der Waals surface area (Å²) in [6.07, 6.45) is 1.56. The second-order valence-electron chi connectivity index (χ2n) is 5.18. The molecule has 2 heterocycles. The summed E-state index contributed by atoms with van der Waals surface area (Å²) < 4.78 is 28.7. The number of Topliss-reactive ketones (excluding diaryl/α,β-unsaturated/α-hetero) is 1. The highest BCUT2D eigenvalue weighted by molar-refractivity contribution is 7.85. The van der Waals surface area contributed by atoms with Crippen LogP contribution in [0.1, 0.15) is 12.8 Å². The molecular weight excluding hydrogens is 292 g/mol. The average molecular weight is 310 g/mol. The first-order chi connectivity index (χ1) is 10.2. The maximum atomic E-state index is 12.3. The first kappa shape index (κ1) is 14.5. The number of fused-ring (bicyclic) bond motifs is 1. The van der Waals surface area contributed by atoms with E-state index in [4.69, 9.17) is 14.2 Å². The fourth-order valence-corrected chi connectivity index (χ4v) is 3.52. The lowest BCUT2D eigenvalue weighted by Gasteiger charge is -2.10. The van der Waals surface area contributed by atoms with Crippen LogP contribution in [0.25, 0.3) is 0 Å².